The van der Waals surface area contributed by atoms with Crippen molar-refractivity contribution in [1.29, 1.82) is 0 Å². The number of nitrogens with zero attached hydrogens (tertiary/aromatic N) is 6. The average Bonchev–Trinajstić information content (AvgIpc) is 1.74. The van der Waals surface area contributed by atoms with Crippen LogP contribution >= 0.6 is 11.8 Å². The number of rotatable bonds is 90. The maximum absolute atomic E-state index is 16.3. The van der Waals surface area contributed by atoms with Gasteiger partial charge in [0.1, 0.15) is 18.6 Å². The van der Waals surface area contributed by atoms with Gasteiger partial charge in [0.25, 0.3) is 5.69 Å². The maximum atomic E-state index is 16.3. The first-order valence-corrected chi connectivity index (χ1v) is 46.4. The van der Waals surface area contributed by atoms with Gasteiger partial charge in [-0.25, -0.2) is 19.4 Å². The van der Waals surface area contributed by atoms with Gasteiger partial charge in [0.2, 0.25) is 34.6 Å². The van der Waals surface area contributed by atoms with Crippen molar-refractivity contribution in [3.05, 3.63) is 87.3 Å². The highest BCUT2D eigenvalue weighted by Crippen LogP contribution is 2.35. The van der Waals surface area contributed by atoms with E-state index in [-0.39, 0.29) is 68.0 Å². The predicted molar refractivity (Wildman–Crippen MR) is 481 cm³/mol. The summed E-state index contributed by atoms with van der Waals surface area (Å²) in [5.74, 6) is -4.08. The number of anilines is 2. The molecular formula is C88H146FN12O31S+. The van der Waals surface area contributed by atoms with E-state index in [2.05, 4.69) is 42.1 Å². The molecule has 0 unspecified atom stereocenters. The number of carbonyl (C=O) groups is 5. The zero-order valence-electron chi connectivity index (χ0n) is 78.2. The van der Waals surface area contributed by atoms with Gasteiger partial charge in [-0.1, -0.05) is 38.8 Å². The summed E-state index contributed by atoms with van der Waals surface area (Å²) in [6, 6.07) is 8.83. The number of non-ortho nitro benzene ring substituents is 1. The number of nitro benzene ring substituents is 1. The van der Waals surface area contributed by atoms with E-state index in [9.17, 15) is 34.1 Å². The molecule has 1 saturated carbocycles. The molecular weight excluding hydrogens is 1770 g/mol. The van der Waals surface area contributed by atoms with Gasteiger partial charge in [0, 0.05) is 49.8 Å². The fourth-order valence-electron chi connectivity index (χ4n) is 12.0. The van der Waals surface area contributed by atoms with E-state index < -0.39 is 58.4 Å². The van der Waals surface area contributed by atoms with E-state index in [0.717, 1.165) is 49.1 Å². The lowest BCUT2D eigenvalue weighted by molar-refractivity contribution is -0.675. The largest absolute Gasteiger partial charge is 0.382 e. The number of carbonyl (C=O) groups excluding carboxylic acids is 5. The van der Waals surface area contributed by atoms with Gasteiger partial charge in [-0.2, -0.15) is 4.39 Å². The van der Waals surface area contributed by atoms with Crippen molar-refractivity contribution in [2.75, 3.05) is 335 Å². The molecule has 5 rings (SSSR count). The third kappa shape index (κ3) is 58.1. The smallest absolute Gasteiger partial charge is 0.340 e. The Morgan fingerprint density at radius 1 is 0.496 bits per heavy atom. The zero-order chi connectivity index (χ0) is 95.3. The third-order valence-electron chi connectivity index (χ3n) is 19.1. The average molecular weight is 1920 g/mol. The Morgan fingerprint density at radius 3 is 1.21 bits per heavy atom. The summed E-state index contributed by atoms with van der Waals surface area (Å²) in [6.07, 6.45) is 5.38. The van der Waals surface area contributed by atoms with Crippen LogP contribution in [0.2, 0.25) is 0 Å². The van der Waals surface area contributed by atoms with Crippen molar-refractivity contribution >= 4 is 58.5 Å². The predicted octanol–water partition coefficient (Wildman–Crippen LogP) is 3.49. The minimum absolute atomic E-state index is 0.00359. The summed E-state index contributed by atoms with van der Waals surface area (Å²) < 4.78 is 151. The molecule has 1 aliphatic carbocycles. The number of ether oxygens (including phenoxy) is 24. The lowest BCUT2D eigenvalue weighted by Crippen LogP contribution is -2.53. The molecule has 756 valence electrons. The van der Waals surface area contributed by atoms with Gasteiger partial charge in [-0.15, -0.1) is 5.10 Å². The van der Waals surface area contributed by atoms with Crippen LogP contribution in [0.1, 0.15) is 86.7 Å². The molecule has 7 N–H and O–H groups in total. The number of nitrogens with one attached hydrogen (secondary N) is 5. The molecule has 5 amide bonds. The summed E-state index contributed by atoms with van der Waals surface area (Å²) in [7, 11) is 3.24. The van der Waals surface area contributed by atoms with Crippen molar-refractivity contribution in [2.24, 2.45) is 18.7 Å². The minimum atomic E-state index is -1.04. The van der Waals surface area contributed by atoms with Crippen LogP contribution in [0.5, 0.6) is 0 Å². The van der Waals surface area contributed by atoms with Crippen LogP contribution in [-0.2, 0) is 146 Å². The molecule has 4 aromatic rings. The Labute approximate surface area is 783 Å². The van der Waals surface area contributed by atoms with Crippen molar-refractivity contribution < 1.29 is 152 Å². The van der Waals surface area contributed by atoms with E-state index in [1.54, 1.807) is 63.0 Å². The molecule has 0 spiro atoms. The highest BCUT2D eigenvalue weighted by atomic mass is 32.2. The Kier molecular flexibility index (Phi) is 68.8. The van der Waals surface area contributed by atoms with Gasteiger partial charge in [-0.05, 0) is 95.6 Å². The summed E-state index contributed by atoms with van der Waals surface area (Å²) in [5.41, 5.74) is 7.48. The molecule has 0 radical (unpaired) electrons. The molecule has 1 aliphatic rings. The Balaban J connectivity index is 0.704. The van der Waals surface area contributed by atoms with Crippen molar-refractivity contribution in [3.63, 3.8) is 0 Å². The first-order chi connectivity index (χ1) is 65.0. The summed E-state index contributed by atoms with van der Waals surface area (Å²) in [4.78, 5) is 78.3. The van der Waals surface area contributed by atoms with Crippen LogP contribution in [-0.4, -0.2) is 397 Å². The van der Waals surface area contributed by atoms with Crippen LogP contribution in [0.4, 0.5) is 21.6 Å². The number of nitrogens with two attached hydrogens (primary N) is 1. The molecule has 0 bridgehead atoms. The monoisotopic (exact) mass is 1920 g/mol. The summed E-state index contributed by atoms with van der Waals surface area (Å²) >= 11 is 1.01. The molecule has 0 aliphatic heterocycles. The highest BCUT2D eigenvalue weighted by Gasteiger charge is 2.31. The molecule has 3 atom stereocenters. The number of methoxy groups -OCH3 is 1. The number of aryl methyl sites for hydroxylation is 1. The normalized spacial score (nSPS) is 13.0. The number of benzene rings is 2. The van der Waals surface area contributed by atoms with Gasteiger partial charge in [0.05, 0.1) is 333 Å². The number of hydrogen-bond acceptors (Lipinski definition) is 36. The zero-order valence-corrected chi connectivity index (χ0v) is 79.0. The number of amides is 5. The van der Waals surface area contributed by atoms with Crippen molar-refractivity contribution in [1.82, 2.24) is 36.2 Å². The van der Waals surface area contributed by atoms with Gasteiger partial charge < -0.3 is 141 Å². The van der Waals surface area contributed by atoms with Gasteiger partial charge in [-0.3, -0.25) is 29.3 Å². The second kappa shape index (κ2) is 78.7. The SMILES string of the molecule is COCCOCCOCCOCCOCCOCCOCCOCCOCCOCCOCCOCCOCCOCCOCCOCCOCCOCCOCCOCCOCCOCCOCCOCCNC(=O)[C@@H](N)CCC(=O)N[C@H](C(=O)N[C@@H](C)C(=O)Nc1ccc(C[n+]2cc(C3CCCC3)cc(F)c2NC(=O)c2cc([N+](=O)[O-])ccc2Sc2nnnn2C)cc1)C(C)C. The number of tetrazole rings is 1. The standard InChI is InChI=1S/C88H145FN12O31S/c1-70(2)82(87(106)92-71(3)84(103)93-75-12-10-72(11-13-75)68-100-69-74(73-8-6-7-9-73)66-78(89)83(100)95-85(104)77-67-76(101(107)108)14-16-80(77)133-88-96-97-98-99(88)4)94-81(102)17-15-79(90)86(105)91-18-19-110-22-23-112-26-27-114-30-31-116-34-35-118-38-39-120-42-43-122-46-47-124-50-51-126-54-55-128-58-59-130-62-63-132-65-64-131-61-60-129-57-56-127-53-52-125-49-48-123-45-44-121-41-40-119-37-36-117-33-32-115-29-28-113-25-24-111-21-20-109-5/h10-14,16,66-67,69-71,73,79,82H,6-9,15,17-65,68,90H2,1-5H3,(H4,91,92,93,94,102,103,105,106)/p+1/t71-,79-,82-/m0/s1. The molecule has 1 fully saturated rings. The van der Waals surface area contributed by atoms with Crippen molar-refractivity contribution in [3.8, 4) is 0 Å². The topological polar surface area (TPSA) is 484 Å². The molecule has 2 heterocycles. The molecule has 2 aromatic carbocycles. The Hall–Kier alpha value is -7.31. The second-order valence-electron chi connectivity index (χ2n) is 29.9. The lowest BCUT2D eigenvalue weighted by Gasteiger charge is -2.24. The van der Waals surface area contributed by atoms with Crippen molar-refractivity contribution in [2.45, 2.75) is 99.9 Å². The first kappa shape index (κ1) is 116. The van der Waals surface area contributed by atoms with E-state index in [0.29, 0.717) is 319 Å². The van der Waals surface area contributed by atoms with Gasteiger partial charge in [0.15, 0.2) is 0 Å². The lowest BCUT2D eigenvalue weighted by atomic mass is 9.99. The van der Waals surface area contributed by atoms with Crippen LogP contribution < -0.4 is 36.9 Å². The minimum Gasteiger partial charge on any atom is -0.382 e. The fourth-order valence-corrected chi connectivity index (χ4v) is 12.9. The quantitative estimate of drug-likeness (QED) is 0.0159. The third-order valence-corrected chi connectivity index (χ3v) is 20.2. The second-order valence-corrected chi connectivity index (χ2v) is 30.9. The number of pyridine rings is 1. The van der Waals surface area contributed by atoms with Crippen LogP contribution in [0, 0.1) is 21.8 Å². The van der Waals surface area contributed by atoms with Crippen LogP contribution in [0.3, 0.4) is 0 Å². The van der Waals surface area contributed by atoms with Gasteiger partial charge >= 0.3 is 11.7 Å². The van der Waals surface area contributed by atoms with E-state index in [4.69, 9.17) is 119 Å². The number of halogens is 1. The van der Waals surface area contributed by atoms with Crippen LogP contribution in [0.25, 0.3) is 0 Å². The molecule has 0 saturated heterocycles. The molecule has 133 heavy (non-hydrogen) atoms. The molecule has 2 aromatic heterocycles. The number of aromatic nitrogens is 5. The van der Waals surface area contributed by atoms with E-state index in [1.807, 2.05) is 0 Å². The van der Waals surface area contributed by atoms with E-state index >= 15 is 4.39 Å². The highest BCUT2D eigenvalue weighted by molar-refractivity contribution is 7.99. The summed E-state index contributed by atoms with van der Waals surface area (Å²) in [6.45, 7) is 26.5. The summed E-state index contributed by atoms with van der Waals surface area (Å²) in [5, 5.41) is 37.0. The van der Waals surface area contributed by atoms with E-state index in [1.165, 1.54) is 29.8 Å². The number of hydrogen-bond donors (Lipinski definition) is 6. The van der Waals surface area contributed by atoms with Crippen LogP contribution in [0.15, 0.2) is 64.8 Å². The maximum Gasteiger partial charge on any atom is 0.340 e. The molecule has 45 heteroatoms. The Bertz CT molecular complexity index is 3650. The molecule has 43 nitrogen and oxygen atoms in total. The Morgan fingerprint density at radius 2 is 0.865 bits per heavy atom. The first-order valence-electron chi connectivity index (χ1n) is 45.6. The number of nitro groups is 1. The fraction of sp³-hybridized carbons (Fsp3) is 0.739.